The smallest absolute Gasteiger partial charge is 0.243 e. The van der Waals surface area contributed by atoms with Crippen LogP contribution in [-0.2, 0) is 20.8 Å². The van der Waals surface area contributed by atoms with Crippen LogP contribution in [0.3, 0.4) is 0 Å². The predicted octanol–water partition coefficient (Wildman–Crippen LogP) is 2.74. The number of amides is 3. The number of aryl methyl sites for hydroxylation is 1. The molecule has 1 aromatic rings. The van der Waals surface area contributed by atoms with Gasteiger partial charge in [0.2, 0.25) is 17.7 Å². The van der Waals surface area contributed by atoms with Crippen molar-refractivity contribution in [1.29, 1.82) is 0 Å². The maximum Gasteiger partial charge on any atom is 0.243 e. The Morgan fingerprint density at radius 3 is 2.38 bits per heavy atom. The van der Waals surface area contributed by atoms with Gasteiger partial charge in [0.25, 0.3) is 0 Å². The number of fused-ring (bicyclic) bond motifs is 2. The molecule has 5 heteroatoms. The fourth-order valence-corrected chi connectivity index (χ4v) is 4.88. The second kappa shape index (κ2) is 6.86. The van der Waals surface area contributed by atoms with Crippen LogP contribution in [0.15, 0.2) is 24.3 Å². The van der Waals surface area contributed by atoms with Crippen molar-refractivity contribution >= 4 is 17.7 Å². The van der Waals surface area contributed by atoms with Crippen LogP contribution in [0.2, 0.25) is 0 Å². The molecule has 0 radical (unpaired) electrons. The molecular formula is C21H26N2O3. The van der Waals surface area contributed by atoms with Gasteiger partial charge in [-0.25, -0.2) is 0 Å². The van der Waals surface area contributed by atoms with E-state index >= 15 is 0 Å². The van der Waals surface area contributed by atoms with Crippen LogP contribution >= 0.6 is 0 Å². The average molecular weight is 354 g/mol. The number of carbonyl (C=O) groups is 3. The number of nitrogens with one attached hydrogen (secondary N) is 1. The van der Waals surface area contributed by atoms with Gasteiger partial charge in [-0.05, 0) is 50.2 Å². The van der Waals surface area contributed by atoms with Gasteiger partial charge in [0.15, 0.2) is 0 Å². The maximum absolute atomic E-state index is 12.8. The van der Waals surface area contributed by atoms with Crippen molar-refractivity contribution in [2.75, 3.05) is 0 Å². The molecule has 0 spiro atoms. The molecule has 138 valence electrons. The summed E-state index contributed by atoms with van der Waals surface area (Å²) < 4.78 is 0. The predicted molar refractivity (Wildman–Crippen MR) is 97.0 cm³/mol. The van der Waals surface area contributed by atoms with Gasteiger partial charge < -0.3 is 5.32 Å². The molecule has 2 fully saturated rings. The lowest BCUT2D eigenvalue weighted by molar-refractivity contribution is -0.147. The number of hydrogen-bond acceptors (Lipinski definition) is 3. The lowest BCUT2D eigenvalue weighted by Crippen LogP contribution is -2.49. The summed E-state index contributed by atoms with van der Waals surface area (Å²) in [5.41, 5.74) is 2.43. The van der Waals surface area contributed by atoms with Crippen molar-refractivity contribution < 1.29 is 14.4 Å². The molecule has 1 N–H and O–H groups in total. The number of nitrogens with zero attached hydrogens (tertiary/aromatic N) is 1. The number of carbonyl (C=O) groups excluding carboxylic acids is 3. The Morgan fingerprint density at radius 2 is 1.69 bits per heavy atom. The molecule has 1 aromatic carbocycles. The molecule has 4 unspecified atom stereocenters. The fraction of sp³-hybridized carbons (Fsp3) is 0.571. The summed E-state index contributed by atoms with van der Waals surface area (Å²) in [5, 5.41) is 3.09. The first-order chi connectivity index (χ1) is 12.6. The van der Waals surface area contributed by atoms with Crippen molar-refractivity contribution in [2.45, 2.75) is 64.0 Å². The van der Waals surface area contributed by atoms with Crippen LogP contribution in [0, 0.1) is 11.8 Å². The number of rotatable bonds is 3. The minimum absolute atomic E-state index is 0.0371. The van der Waals surface area contributed by atoms with E-state index in [-0.39, 0.29) is 35.6 Å². The summed E-state index contributed by atoms with van der Waals surface area (Å²) in [6.07, 6.45) is 6.49. The molecule has 26 heavy (non-hydrogen) atoms. The van der Waals surface area contributed by atoms with Gasteiger partial charge in [-0.3, -0.25) is 19.3 Å². The lowest BCUT2D eigenvalue weighted by atomic mass is 9.81. The third kappa shape index (κ3) is 2.83. The van der Waals surface area contributed by atoms with Crippen molar-refractivity contribution in [3.8, 4) is 0 Å². The standard InChI is InChI=1S/C21H26N2O3/c1-13(23-20(25)16-10-4-5-11-17(16)21(23)26)19(24)22-18-12-6-8-14-7-2-3-9-15(14)18/h2-3,7,9,13,16-18H,4-6,8,10-12H2,1H3,(H,22,24). The van der Waals surface area contributed by atoms with Crippen LogP contribution in [0.4, 0.5) is 0 Å². The fourth-order valence-electron chi connectivity index (χ4n) is 4.88. The summed E-state index contributed by atoms with van der Waals surface area (Å²) in [5.74, 6) is -0.936. The summed E-state index contributed by atoms with van der Waals surface area (Å²) >= 11 is 0. The Balaban J connectivity index is 1.49. The van der Waals surface area contributed by atoms with E-state index in [0.29, 0.717) is 0 Å². The van der Waals surface area contributed by atoms with E-state index in [1.807, 2.05) is 12.1 Å². The second-order valence-corrected chi connectivity index (χ2v) is 7.87. The van der Waals surface area contributed by atoms with Gasteiger partial charge in [-0.15, -0.1) is 0 Å². The SMILES string of the molecule is CC(C(=O)NC1CCCc2ccccc21)N1C(=O)C2CCCCC2C1=O. The molecule has 5 nitrogen and oxygen atoms in total. The van der Waals surface area contributed by atoms with E-state index in [1.165, 1.54) is 10.5 Å². The molecule has 3 amide bonds. The molecule has 1 saturated heterocycles. The van der Waals surface area contributed by atoms with Crippen LogP contribution < -0.4 is 5.32 Å². The van der Waals surface area contributed by atoms with Crippen LogP contribution in [0.1, 0.15) is 62.6 Å². The van der Waals surface area contributed by atoms with Crippen molar-refractivity contribution in [2.24, 2.45) is 11.8 Å². The largest absolute Gasteiger partial charge is 0.347 e. The highest BCUT2D eigenvalue weighted by Crippen LogP contribution is 2.39. The minimum atomic E-state index is -0.741. The molecule has 1 saturated carbocycles. The summed E-state index contributed by atoms with van der Waals surface area (Å²) in [7, 11) is 0. The van der Waals surface area contributed by atoms with Crippen molar-refractivity contribution in [1.82, 2.24) is 10.2 Å². The summed E-state index contributed by atoms with van der Waals surface area (Å²) in [6, 6.07) is 7.40. The number of hydrogen-bond donors (Lipinski definition) is 1. The minimum Gasteiger partial charge on any atom is -0.347 e. The van der Waals surface area contributed by atoms with Gasteiger partial charge in [0.05, 0.1) is 17.9 Å². The van der Waals surface area contributed by atoms with E-state index in [1.54, 1.807) is 6.92 Å². The Bertz CT molecular complexity index is 721. The highest BCUT2D eigenvalue weighted by Gasteiger charge is 2.50. The van der Waals surface area contributed by atoms with Gasteiger partial charge in [-0.2, -0.15) is 0 Å². The highest BCUT2D eigenvalue weighted by molar-refractivity contribution is 6.08. The summed E-state index contributed by atoms with van der Waals surface area (Å²) in [6.45, 7) is 1.68. The zero-order valence-electron chi connectivity index (χ0n) is 15.2. The molecule has 0 bridgehead atoms. The Labute approximate surface area is 154 Å². The van der Waals surface area contributed by atoms with E-state index in [2.05, 4.69) is 17.4 Å². The molecule has 1 heterocycles. The topological polar surface area (TPSA) is 66.5 Å². The van der Waals surface area contributed by atoms with E-state index < -0.39 is 6.04 Å². The summed E-state index contributed by atoms with van der Waals surface area (Å²) in [4.78, 5) is 39.5. The molecule has 4 rings (SSSR count). The third-order valence-corrected chi connectivity index (χ3v) is 6.33. The number of likely N-dealkylation sites (tertiary alicyclic amines) is 1. The molecule has 0 aromatic heterocycles. The quantitative estimate of drug-likeness (QED) is 0.849. The van der Waals surface area contributed by atoms with E-state index in [9.17, 15) is 14.4 Å². The van der Waals surface area contributed by atoms with Crippen molar-refractivity contribution in [3.63, 3.8) is 0 Å². The van der Waals surface area contributed by atoms with Gasteiger partial charge in [0.1, 0.15) is 6.04 Å². The van der Waals surface area contributed by atoms with E-state index in [0.717, 1.165) is 50.5 Å². The molecule has 2 aliphatic carbocycles. The van der Waals surface area contributed by atoms with Gasteiger partial charge in [-0.1, -0.05) is 37.1 Å². The average Bonchev–Trinajstić information content (AvgIpc) is 2.92. The Morgan fingerprint density at radius 1 is 1.04 bits per heavy atom. The Hall–Kier alpha value is -2.17. The monoisotopic (exact) mass is 354 g/mol. The van der Waals surface area contributed by atoms with Crippen LogP contribution in [0.25, 0.3) is 0 Å². The highest BCUT2D eigenvalue weighted by atomic mass is 16.2. The molecule has 3 aliphatic rings. The van der Waals surface area contributed by atoms with Crippen LogP contribution in [-0.4, -0.2) is 28.7 Å². The first-order valence-electron chi connectivity index (χ1n) is 9.83. The zero-order valence-corrected chi connectivity index (χ0v) is 15.2. The van der Waals surface area contributed by atoms with Gasteiger partial charge >= 0.3 is 0 Å². The number of imide groups is 1. The molecule has 1 aliphatic heterocycles. The van der Waals surface area contributed by atoms with Gasteiger partial charge in [0, 0.05) is 0 Å². The maximum atomic E-state index is 12.8. The third-order valence-electron chi connectivity index (χ3n) is 6.33. The zero-order chi connectivity index (χ0) is 18.3. The van der Waals surface area contributed by atoms with Crippen molar-refractivity contribution in [3.05, 3.63) is 35.4 Å². The first kappa shape index (κ1) is 17.3. The number of benzene rings is 1. The Kier molecular flexibility index (Phi) is 4.55. The molecule has 4 atom stereocenters. The normalized spacial score (nSPS) is 29.1. The molecular weight excluding hydrogens is 328 g/mol. The van der Waals surface area contributed by atoms with Crippen LogP contribution in [0.5, 0.6) is 0 Å². The first-order valence-corrected chi connectivity index (χ1v) is 9.83. The van der Waals surface area contributed by atoms with E-state index in [4.69, 9.17) is 0 Å². The lowest BCUT2D eigenvalue weighted by Gasteiger charge is -2.29. The second-order valence-electron chi connectivity index (χ2n) is 7.87.